The van der Waals surface area contributed by atoms with Crippen molar-refractivity contribution in [3.63, 3.8) is 0 Å². The minimum absolute atomic E-state index is 0.635. The van der Waals surface area contributed by atoms with Gasteiger partial charge in [0.1, 0.15) is 0 Å². The molecule has 0 fully saturated rings. The van der Waals surface area contributed by atoms with E-state index in [2.05, 4.69) is 34.2 Å². The zero-order valence-corrected chi connectivity index (χ0v) is 10.0. The highest BCUT2D eigenvalue weighted by Gasteiger charge is 2.00. The van der Waals surface area contributed by atoms with E-state index < -0.39 is 0 Å². The van der Waals surface area contributed by atoms with Crippen LogP contribution in [0, 0.1) is 19.3 Å². The van der Waals surface area contributed by atoms with Crippen LogP contribution in [0.3, 0.4) is 0 Å². The van der Waals surface area contributed by atoms with Crippen LogP contribution in [0.2, 0.25) is 0 Å². The summed E-state index contributed by atoms with van der Waals surface area (Å²) in [6.45, 7) is 5.40. The Balaban J connectivity index is 2.29. The second kappa shape index (κ2) is 7.00. The number of terminal acetylenes is 1. The highest BCUT2D eigenvalue weighted by molar-refractivity contribution is 5.09. The van der Waals surface area contributed by atoms with E-state index in [1.165, 1.54) is 0 Å². The Labute approximate surface area is 97.9 Å². The first-order valence-corrected chi connectivity index (χ1v) is 5.47. The van der Waals surface area contributed by atoms with Gasteiger partial charge in [-0.1, -0.05) is 12.0 Å². The van der Waals surface area contributed by atoms with E-state index in [1.54, 1.807) is 0 Å². The summed E-state index contributed by atoms with van der Waals surface area (Å²) in [4.78, 5) is 6.69. The molecule has 1 N–H and O–H groups in total. The lowest BCUT2D eigenvalue weighted by Gasteiger charge is -2.16. The van der Waals surface area contributed by atoms with Crippen LogP contribution in [-0.2, 0) is 6.54 Å². The first-order valence-electron chi connectivity index (χ1n) is 5.47. The van der Waals surface area contributed by atoms with Gasteiger partial charge in [0, 0.05) is 25.3 Å². The molecule has 0 amide bonds. The van der Waals surface area contributed by atoms with Gasteiger partial charge in [0.15, 0.2) is 0 Å². The van der Waals surface area contributed by atoms with Crippen molar-refractivity contribution in [2.24, 2.45) is 0 Å². The fourth-order valence-electron chi connectivity index (χ4n) is 1.47. The molecule has 0 bridgehead atoms. The molecule has 0 radical (unpaired) electrons. The monoisotopic (exact) mass is 217 g/mol. The fraction of sp³-hybridized carbons (Fsp3) is 0.462. The van der Waals surface area contributed by atoms with Gasteiger partial charge in [-0.15, -0.1) is 6.42 Å². The molecule has 0 atom stereocenters. The smallest absolute Gasteiger partial charge is 0.0574 e. The maximum absolute atomic E-state index is 5.15. The molecule has 1 aromatic rings. The van der Waals surface area contributed by atoms with Gasteiger partial charge in [0.05, 0.1) is 12.2 Å². The van der Waals surface area contributed by atoms with Gasteiger partial charge in [0.2, 0.25) is 0 Å². The summed E-state index contributed by atoms with van der Waals surface area (Å²) in [5.74, 6) is 2.56. The van der Waals surface area contributed by atoms with Gasteiger partial charge in [-0.25, -0.2) is 0 Å². The standard InChI is InChI=1S/C13H19N3/c1-4-8-14-9-10-16(3)11-13-7-5-6-12(2)15-13/h1,5-7,14H,8-11H2,2-3H3. The fourth-order valence-corrected chi connectivity index (χ4v) is 1.47. The molecule has 0 aliphatic rings. The number of hydrogen-bond donors (Lipinski definition) is 1. The average molecular weight is 217 g/mol. The Bertz CT molecular complexity index is 354. The minimum atomic E-state index is 0.635. The average Bonchev–Trinajstić information content (AvgIpc) is 2.24. The Kier molecular flexibility index (Phi) is 5.55. The van der Waals surface area contributed by atoms with Crippen LogP contribution in [0.5, 0.6) is 0 Å². The zero-order valence-electron chi connectivity index (χ0n) is 10.0. The number of pyridine rings is 1. The summed E-state index contributed by atoms with van der Waals surface area (Å²) in [6, 6.07) is 6.11. The zero-order chi connectivity index (χ0) is 11.8. The lowest BCUT2D eigenvalue weighted by molar-refractivity contribution is 0.323. The molecule has 1 aromatic heterocycles. The van der Waals surface area contributed by atoms with Crippen molar-refractivity contribution in [2.45, 2.75) is 13.5 Å². The number of nitrogens with one attached hydrogen (secondary N) is 1. The summed E-state index contributed by atoms with van der Waals surface area (Å²) in [5.41, 5.74) is 2.18. The molecule has 3 heteroatoms. The van der Waals surface area contributed by atoms with E-state index >= 15 is 0 Å². The van der Waals surface area contributed by atoms with E-state index in [4.69, 9.17) is 6.42 Å². The third kappa shape index (κ3) is 4.92. The van der Waals surface area contributed by atoms with Gasteiger partial charge in [-0.3, -0.25) is 9.88 Å². The molecular weight excluding hydrogens is 198 g/mol. The SMILES string of the molecule is C#CCNCCN(C)Cc1cccc(C)n1. The van der Waals surface area contributed by atoms with Gasteiger partial charge in [0.25, 0.3) is 0 Å². The first kappa shape index (κ1) is 12.7. The number of hydrogen-bond acceptors (Lipinski definition) is 3. The lowest BCUT2D eigenvalue weighted by Crippen LogP contribution is -2.29. The second-order valence-electron chi connectivity index (χ2n) is 3.89. The van der Waals surface area contributed by atoms with Crippen molar-refractivity contribution in [1.82, 2.24) is 15.2 Å². The number of aromatic nitrogens is 1. The van der Waals surface area contributed by atoms with Crippen LogP contribution < -0.4 is 5.32 Å². The quantitative estimate of drug-likeness (QED) is 0.570. The third-order valence-electron chi connectivity index (χ3n) is 2.28. The van der Waals surface area contributed by atoms with Crippen molar-refractivity contribution in [3.05, 3.63) is 29.6 Å². The van der Waals surface area contributed by atoms with Crippen molar-refractivity contribution < 1.29 is 0 Å². The van der Waals surface area contributed by atoms with Gasteiger partial charge in [-0.05, 0) is 26.1 Å². The van der Waals surface area contributed by atoms with Gasteiger partial charge >= 0.3 is 0 Å². The molecular formula is C13H19N3. The normalized spacial score (nSPS) is 10.4. The summed E-state index contributed by atoms with van der Waals surface area (Å²) in [6.07, 6.45) is 5.15. The summed E-state index contributed by atoms with van der Waals surface area (Å²) < 4.78 is 0. The maximum Gasteiger partial charge on any atom is 0.0574 e. The number of likely N-dealkylation sites (N-methyl/N-ethyl adjacent to an activating group) is 1. The van der Waals surface area contributed by atoms with E-state index in [-0.39, 0.29) is 0 Å². The van der Waals surface area contributed by atoms with Crippen molar-refractivity contribution in [1.29, 1.82) is 0 Å². The van der Waals surface area contributed by atoms with E-state index in [1.807, 2.05) is 19.1 Å². The molecule has 16 heavy (non-hydrogen) atoms. The molecule has 0 aliphatic carbocycles. The van der Waals surface area contributed by atoms with Crippen LogP contribution in [0.25, 0.3) is 0 Å². The van der Waals surface area contributed by atoms with Crippen LogP contribution in [0.4, 0.5) is 0 Å². The highest BCUT2D eigenvalue weighted by atomic mass is 15.1. The van der Waals surface area contributed by atoms with Crippen LogP contribution in [-0.4, -0.2) is 36.6 Å². The number of aryl methyl sites for hydroxylation is 1. The maximum atomic E-state index is 5.15. The Morgan fingerprint density at radius 3 is 3.00 bits per heavy atom. The van der Waals surface area contributed by atoms with Gasteiger partial charge in [-0.2, -0.15) is 0 Å². The molecule has 86 valence electrons. The number of nitrogens with zero attached hydrogens (tertiary/aromatic N) is 2. The molecule has 0 aliphatic heterocycles. The molecule has 1 heterocycles. The molecule has 0 aromatic carbocycles. The Morgan fingerprint density at radius 2 is 2.31 bits per heavy atom. The molecule has 3 nitrogen and oxygen atoms in total. The van der Waals surface area contributed by atoms with Crippen molar-refractivity contribution >= 4 is 0 Å². The molecule has 0 unspecified atom stereocenters. The Hall–Kier alpha value is -1.37. The summed E-state index contributed by atoms with van der Waals surface area (Å²) in [5, 5.41) is 3.16. The van der Waals surface area contributed by atoms with E-state index in [9.17, 15) is 0 Å². The lowest BCUT2D eigenvalue weighted by atomic mass is 10.3. The molecule has 0 saturated carbocycles. The van der Waals surface area contributed by atoms with Crippen LogP contribution in [0.15, 0.2) is 18.2 Å². The molecule has 1 rings (SSSR count). The molecule has 0 spiro atoms. The van der Waals surface area contributed by atoms with Gasteiger partial charge < -0.3 is 5.32 Å². The first-order chi connectivity index (χ1) is 7.72. The third-order valence-corrected chi connectivity index (χ3v) is 2.28. The summed E-state index contributed by atoms with van der Waals surface area (Å²) in [7, 11) is 2.08. The minimum Gasteiger partial charge on any atom is -0.305 e. The topological polar surface area (TPSA) is 28.2 Å². The van der Waals surface area contributed by atoms with Crippen molar-refractivity contribution in [3.8, 4) is 12.3 Å². The second-order valence-corrected chi connectivity index (χ2v) is 3.89. The molecule has 0 saturated heterocycles. The largest absolute Gasteiger partial charge is 0.305 e. The van der Waals surface area contributed by atoms with E-state index in [0.717, 1.165) is 31.0 Å². The predicted molar refractivity (Wildman–Crippen MR) is 67.0 cm³/mol. The predicted octanol–water partition coefficient (Wildman–Crippen LogP) is 1.04. The van der Waals surface area contributed by atoms with E-state index in [0.29, 0.717) is 6.54 Å². The highest BCUT2D eigenvalue weighted by Crippen LogP contribution is 2.00. The van der Waals surface area contributed by atoms with Crippen molar-refractivity contribution in [2.75, 3.05) is 26.7 Å². The summed E-state index contributed by atoms with van der Waals surface area (Å²) >= 11 is 0. The van der Waals surface area contributed by atoms with Crippen LogP contribution in [0.1, 0.15) is 11.4 Å². The number of rotatable bonds is 6. The Morgan fingerprint density at radius 1 is 1.50 bits per heavy atom. The van der Waals surface area contributed by atoms with Crippen LogP contribution >= 0.6 is 0 Å².